The monoisotopic (exact) mass is 269 g/mol. The highest BCUT2D eigenvalue weighted by molar-refractivity contribution is 6.19. The first-order chi connectivity index (χ1) is 8.44. The molecule has 1 aliphatic carbocycles. The van der Waals surface area contributed by atoms with Crippen LogP contribution in [-0.2, 0) is 11.3 Å². The lowest BCUT2D eigenvalue weighted by Crippen LogP contribution is -2.42. The molecule has 0 radical (unpaired) electrons. The fraction of sp³-hybridized carbons (Fsp3) is 0.643. The zero-order valence-corrected chi connectivity index (χ0v) is 12.0. The lowest BCUT2D eigenvalue weighted by Gasteiger charge is -2.30. The van der Waals surface area contributed by atoms with E-state index in [0.29, 0.717) is 18.5 Å². The molecule has 0 aliphatic heterocycles. The summed E-state index contributed by atoms with van der Waals surface area (Å²) in [6.07, 6.45) is 2.17. The van der Waals surface area contributed by atoms with Crippen LogP contribution in [0.3, 0.4) is 0 Å². The first-order valence-electron chi connectivity index (χ1n) is 6.36. The predicted molar refractivity (Wildman–Crippen MR) is 71.5 cm³/mol. The number of carbonyl (C=O) groups is 1. The molecule has 0 saturated heterocycles. The normalized spacial score (nSPS) is 15.8. The molecular weight excluding hydrogens is 250 g/mol. The summed E-state index contributed by atoms with van der Waals surface area (Å²) in [5.74, 6) is 2.18. The van der Waals surface area contributed by atoms with Gasteiger partial charge in [-0.3, -0.25) is 4.79 Å². The van der Waals surface area contributed by atoms with E-state index in [4.69, 9.17) is 16.0 Å². The summed E-state index contributed by atoms with van der Waals surface area (Å²) in [6, 6.07) is 4.23. The number of amides is 1. The number of rotatable bonds is 5. The van der Waals surface area contributed by atoms with Crippen molar-refractivity contribution in [2.75, 3.05) is 5.88 Å². The van der Waals surface area contributed by atoms with E-state index in [1.165, 1.54) is 0 Å². The molecule has 2 rings (SSSR count). The number of halogens is 1. The van der Waals surface area contributed by atoms with E-state index in [2.05, 4.69) is 0 Å². The van der Waals surface area contributed by atoms with Gasteiger partial charge in [-0.25, -0.2) is 0 Å². The largest absolute Gasteiger partial charge is 0.464 e. The van der Waals surface area contributed by atoms with Gasteiger partial charge in [0.05, 0.1) is 12.0 Å². The summed E-state index contributed by atoms with van der Waals surface area (Å²) < 4.78 is 5.56. The van der Waals surface area contributed by atoms with Gasteiger partial charge in [-0.05, 0) is 45.7 Å². The Morgan fingerprint density at radius 1 is 1.50 bits per heavy atom. The van der Waals surface area contributed by atoms with Gasteiger partial charge < -0.3 is 9.32 Å². The molecule has 1 amide bonds. The van der Waals surface area contributed by atoms with Gasteiger partial charge in [-0.15, -0.1) is 11.6 Å². The van der Waals surface area contributed by atoms with E-state index < -0.39 is 5.41 Å². The predicted octanol–water partition coefficient (Wildman–Crippen LogP) is 3.34. The molecule has 1 aliphatic rings. The van der Waals surface area contributed by atoms with Crippen LogP contribution >= 0.6 is 11.6 Å². The van der Waals surface area contributed by atoms with E-state index in [1.54, 1.807) is 0 Å². The summed E-state index contributed by atoms with van der Waals surface area (Å²) in [7, 11) is 0. The second-order valence-corrected chi connectivity index (χ2v) is 5.96. The zero-order chi connectivity index (χ0) is 13.3. The number of nitrogens with zero attached hydrogens (tertiary/aromatic N) is 1. The molecule has 1 fully saturated rings. The molecule has 0 N–H and O–H groups in total. The Morgan fingerprint density at radius 3 is 2.61 bits per heavy atom. The number of carbonyl (C=O) groups excluding carboxylic acids is 1. The Hall–Kier alpha value is -0.960. The Kier molecular flexibility index (Phi) is 3.71. The minimum absolute atomic E-state index is 0.119. The molecule has 1 saturated carbocycles. The van der Waals surface area contributed by atoms with Crippen molar-refractivity contribution in [1.29, 1.82) is 0 Å². The van der Waals surface area contributed by atoms with Gasteiger partial charge in [0, 0.05) is 11.9 Å². The SMILES string of the molecule is Cc1ccc(CN(C(=O)C(C)(C)CCl)C2CC2)o1. The van der Waals surface area contributed by atoms with Crippen molar-refractivity contribution < 1.29 is 9.21 Å². The van der Waals surface area contributed by atoms with Crippen molar-refractivity contribution >= 4 is 17.5 Å². The van der Waals surface area contributed by atoms with Crippen molar-refractivity contribution in [2.45, 2.75) is 46.2 Å². The maximum atomic E-state index is 12.5. The van der Waals surface area contributed by atoms with Crippen LogP contribution in [0.1, 0.15) is 38.2 Å². The van der Waals surface area contributed by atoms with Crippen molar-refractivity contribution in [3.05, 3.63) is 23.7 Å². The lowest BCUT2D eigenvalue weighted by atomic mass is 9.94. The third-order valence-corrected chi connectivity index (χ3v) is 3.95. The maximum Gasteiger partial charge on any atom is 0.230 e. The third kappa shape index (κ3) is 2.89. The standard InChI is InChI=1S/C14H20ClNO2/c1-10-4-7-12(18-10)8-16(11-5-6-11)13(17)14(2,3)9-15/h4,7,11H,5-6,8-9H2,1-3H3. The molecular formula is C14H20ClNO2. The van der Waals surface area contributed by atoms with Crippen LogP contribution in [0.4, 0.5) is 0 Å². The van der Waals surface area contributed by atoms with Gasteiger partial charge in [-0.1, -0.05) is 0 Å². The van der Waals surface area contributed by atoms with Crippen LogP contribution in [0.5, 0.6) is 0 Å². The quantitative estimate of drug-likeness (QED) is 0.768. The Bertz CT molecular complexity index is 435. The Labute approximate surface area is 113 Å². The van der Waals surface area contributed by atoms with E-state index >= 15 is 0 Å². The van der Waals surface area contributed by atoms with E-state index in [-0.39, 0.29) is 5.91 Å². The molecule has 0 aromatic carbocycles. The van der Waals surface area contributed by atoms with Gasteiger partial charge in [0.25, 0.3) is 0 Å². The fourth-order valence-corrected chi connectivity index (χ4v) is 2.05. The Balaban J connectivity index is 2.11. The van der Waals surface area contributed by atoms with Crippen molar-refractivity contribution in [3.8, 4) is 0 Å². The summed E-state index contributed by atoms with van der Waals surface area (Å²) >= 11 is 5.89. The summed E-state index contributed by atoms with van der Waals surface area (Å²) in [5.41, 5.74) is -0.508. The summed E-state index contributed by atoms with van der Waals surface area (Å²) in [5, 5.41) is 0. The van der Waals surface area contributed by atoms with Gasteiger partial charge >= 0.3 is 0 Å². The summed E-state index contributed by atoms with van der Waals surface area (Å²) in [4.78, 5) is 14.4. The zero-order valence-electron chi connectivity index (χ0n) is 11.2. The number of alkyl halides is 1. The number of aryl methyl sites for hydroxylation is 1. The molecule has 18 heavy (non-hydrogen) atoms. The molecule has 3 nitrogen and oxygen atoms in total. The average Bonchev–Trinajstić information content (AvgIpc) is 3.09. The number of hydrogen-bond acceptors (Lipinski definition) is 2. The second-order valence-electron chi connectivity index (χ2n) is 5.69. The molecule has 1 aromatic rings. The topological polar surface area (TPSA) is 33.5 Å². The van der Waals surface area contributed by atoms with Crippen molar-refractivity contribution in [3.63, 3.8) is 0 Å². The first-order valence-corrected chi connectivity index (χ1v) is 6.90. The van der Waals surface area contributed by atoms with E-state index in [9.17, 15) is 4.79 Å². The van der Waals surface area contributed by atoms with Gasteiger partial charge in [0.2, 0.25) is 5.91 Å². The van der Waals surface area contributed by atoms with Crippen LogP contribution in [0.15, 0.2) is 16.5 Å². The molecule has 0 spiro atoms. The molecule has 100 valence electrons. The molecule has 0 bridgehead atoms. The van der Waals surface area contributed by atoms with Crippen LogP contribution in [0, 0.1) is 12.3 Å². The van der Waals surface area contributed by atoms with Gasteiger partial charge in [0.1, 0.15) is 11.5 Å². The summed E-state index contributed by atoms with van der Waals surface area (Å²) in [6.45, 7) is 6.25. The fourth-order valence-electron chi connectivity index (χ4n) is 1.94. The van der Waals surface area contributed by atoms with E-state index in [0.717, 1.165) is 24.4 Å². The van der Waals surface area contributed by atoms with Crippen molar-refractivity contribution in [1.82, 2.24) is 4.90 Å². The lowest BCUT2D eigenvalue weighted by molar-refractivity contribution is -0.140. The minimum atomic E-state index is -0.508. The van der Waals surface area contributed by atoms with Crippen molar-refractivity contribution in [2.24, 2.45) is 5.41 Å². The van der Waals surface area contributed by atoms with Crippen LogP contribution in [0.25, 0.3) is 0 Å². The minimum Gasteiger partial charge on any atom is -0.464 e. The van der Waals surface area contributed by atoms with Gasteiger partial charge in [-0.2, -0.15) is 0 Å². The van der Waals surface area contributed by atoms with Gasteiger partial charge in [0.15, 0.2) is 0 Å². The highest BCUT2D eigenvalue weighted by Crippen LogP contribution is 2.33. The highest BCUT2D eigenvalue weighted by atomic mass is 35.5. The molecule has 0 atom stereocenters. The van der Waals surface area contributed by atoms with Crippen LogP contribution in [-0.4, -0.2) is 22.7 Å². The molecule has 0 unspecified atom stereocenters. The molecule has 4 heteroatoms. The smallest absolute Gasteiger partial charge is 0.230 e. The molecule has 1 heterocycles. The van der Waals surface area contributed by atoms with E-state index in [1.807, 2.05) is 37.8 Å². The maximum absolute atomic E-state index is 12.5. The first kappa shape index (κ1) is 13.5. The second kappa shape index (κ2) is 4.96. The molecule has 1 aromatic heterocycles. The number of furan rings is 1. The number of hydrogen-bond donors (Lipinski definition) is 0. The average molecular weight is 270 g/mol. The highest BCUT2D eigenvalue weighted by Gasteiger charge is 2.39. The Morgan fingerprint density at radius 2 is 2.17 bits per heavy atom. The third-order valence-electron chi connectivity index (χ3n) is 3.28. The van der Waals surface area contributed by atoms with Crippen LogP contribution in [0.2, 0.25) is 0 Å². The van der Waals surface area contributed by atoms with Crippen LogP contribution < -0.4 is 0 Å².